The van der Waals surface area contributed by atoms with Crippen LogP contribution in [0.25, 0.3) is 0 Å². The van der Waals surface area contributed by atoms with Gasteiger partial charge in [-0.2, -0.15) is 13.2 Å². The second-order valence-corrected chi connectivity index (χ2v) is 6.56. The number of nitrogens with zero attached hydrogens (tertiary/aromatic N) is 1. The fourth-order valence-electron chi connectivity index (χ4n) is 3.34. The average Bonchev–Trinajstić information content (AvgIpc) is 2.46. The minimum absolute atomic E-state index is 0.0506. The fourth-order valence-corrected chi connectivity index (χ4v) is 3.34. The molecule has 2 aliphatic rings. The van der Waals surface area contributed by atoms with Crippen molar-refractivity contribution in [2.24, 2.45) is 17.8 Å². The summed E-state index contributed by atoms with van der Waals surface area (Å²) in [5.41, 5.74) is 1.37. The van der Waals surface area contributed by atoms with Crippen molar-refractivity contribution in [2.45, 2.75) is 52.1 Å². The number of hydrogen-bond donors (Lipinski definition) is 0. The molecule has 1 amide bonds. The van der Waals surface area contributed by atoms with E-state index in [1.807, 2.05) is 4.90 Å². The molecule has 120 valence electrons. The molecule has 2 rings (SSSR count). The van der Waals surface area contributed by atoms with E-state index in [-0.39, 0.29) is 24.7 Å². The molecule has 21 heavy (non-hydrogen) atoms. The van der Waals surface area contributed by atoms with E-state index in [2.05, 4.69) is 19.9 Å². The number of halogens is 3. The van der Waals surface area contributed by atoms with Gasteiger partial charge in [-0.1, -0.05) is 25.5 Å². The molecule has 2 nitrogen and oxygen atoms in total. The molecule has 5 heteroatoms. The Labute approximate surface area is 124 Å². The molecule has 1 fully saturated rings. The summed E-state index contributed by atoms with van der Waals surface area (Å²) in [7, 11) is 0. The van der Waals surface area contributed by atoms with Crippen molar-refractivity contribution in [2.75, 3.05) is 13.1 Å². The first-order valence-corrected chi connectivity index (χ1v) is 7.83. The molecule has 0 unspecified atom stereocenters. The molecule has 1 aliphatic carbocycles. The summed E-state index contributed by atoms with van der Waals surface area (Å²) in [6.07, 6.45) is -0.162. The molecular formula is C16H24F3NO. The van der Waals surface area contributed by atoms with E-state index < -0.39 is 12.1 Å². The van der Waals surface area contributed by atoms with Crippen LogP contribution < -0.4 is 0 Å². The molecule has 0 spiro atoms. The van der Waals surface area contributed by atoms with E-state index >= 15 is 0 Å². The van der Waals surface area contributed by atoms with Gasteiger partial charge in [-0.3, -0.25) is 4.79 Å². The third kappa shape index (κ3) is 4.01. The lowest BCUT2D eigenvalue weighted by molar-refractivity contribution is -0.185. The van der Waals surface area contributed by atoms with Gasteiger partial charge in [0.25, 0.3) is 0 Å². The molecule has 0 aromatic heterocycles. The first-order valence-electron chi connectivity index (χ1n) is 7.83. The fraction of sp³-hybridized carbons (Fsp3) is 0.812. The van der Waals surface area contributed by atoms with Gasteiger partial charge in [0.05, 0.1) is 5.92 Å². The first kappa shape index (κ1) is 16.4. The third-order valence-electron chi connectivity index (χ3n) is 4.84. The lowest BCUT2D eigenvalue weighted by atomic mass is 9.81. The summed E-state index contributed by atoms with van der Waals surface area (Å²) >= 11 is 0. The Balaban J connectivity index is 1.86. The molecule has 1 aliphatic heterocycles. The minimum atomic E-state index is -4.10. The SMILES string of the molecule is CC(C)C1=CCN(C(=O)C2CCC(C(F)(F)F)CC2)CC1. The van der Waals surface area contributed by atoms with Gasteiger partial charge in [0.15, 0.2) is 0 Å². The quantitative estimate of drug-likeness (QED) is 0.701. The lowest BCUT2D eigenvalue weighted by Gasteiger charge is -2.34. The molecule has 0 saturated heterocycles. The van der Waals surface area contributed by atoms with Crippen molar-refractivity contribution >= 4 is 5.91 Å². The Kier molecular flexibility index (Phi) is 4.99. The minimum Gasteiger partial charge on any atom is -0.338 e. The molecule has 0 N–H and O–H groups in total. The smallest absolute Gasteiger partial charge is 0.338 e. The summed E-state index contributed by atoms with van der Waals surface area (Å²) in [5.74, 6) is -0.868. The van der Waals surface area contributed by atoms with Crippen molar-refractivity contribution in [1.29, 1.82) is 0 Å². The number of carbonyl (C=O) groups excluding carboxylic acids is 1. The topological polar surface area (TPSA) is 20.3 Å². The first-order chi connectivity index (χ1) is 9.79. The second kappa shape index (κ2) is 6.41. The molecule has 0 aromatic rings. The van der Waals surface area contributed by atoms with Gasteiger partial charge in [0.2, 0.25) is 5.91 Å². The van der Waals surface area contributed by atoms with Gasteiger partial charge in [0, 0.05) is 19.0 Å². The number of hydrogen-bond acceptors (Lipinski definition) is 1. The largest absolute Gasteiger partial charge is 0.391 e. The Morgan fingerprint density at radius 2 is 1.86 bits per heavy atom. The molecule has 0 aromatic carbocycles. The summed E-state index contributed by atoms with van der Waals surface area (Å²) in [6, 6.07) is 0. The lowest BCUT2D eigenvalue weighted by Crippen LogP contribution is -2.41. The number of carbonyl (C=O) groups is 1. The zero-order chi connectivity index (χ0) is 15.6. The summed E-state index contributed by atoms with van der Waals surface area (Å²) in [6.45, 7) is 5.61. The van der Waals surface area contributed by atoms with E-state index in [9.17, 15) is 18.0 Å². The Hall–Kier alpha value is -1.00. The normalized spacial score (nSPS) is 27.7. The number of rotatable bonds is 2. The highest BCUT2D eigenvalue weighted by Gasteiger charge is 2.43. The van der Waals surface area contributed by atoms with E-state index in [0.717, 1.165) is 6.42 Å². The van der Waals surface area contributed by atoms with E-state index in [4.69, 9.17) is 0 Å². The highest BCUT2D eigenvalue weighted by Crippen LogP contribution is 2.40. The van der Waals surface area contributed by atoms with Crippen LogP contribution in [-0.4, -0.2) is 30.1 Å². The van der Waals surface area contributed by atoms with Crippen molar-refractivity contribution in [3.05, 3.63) is 11.6 Å². The van der Waals surface area contributed by atoms with Gasteiger partial charge in [-0.05, 0) is 38.0 Å². The Morgan fingerprint density at radius 3 is 2.29 bits per heavy atom. The maximum Gasteiger partial charge on any atom is 0.391 e. The highest BCUT2D eigenvalue weighted by molar-refractivity contribution is 5.79. The van der Waals surface area contributed by atoms with Crippen molar-refractivity contribution < 1.29 is 18.0 Å². The van der Waals surface area contributed by atoms with Crippen LogP contribution >= 0.6 is 0 Å². The highest BCUT2D eigenvalue weighted by atomic mass is 19.4. The zero-order valence-corrected chi connectivity index (χ0v) is 12.7. The van der Waals surface area contributed by atoms with Crippen molar-refractivity contribution in [1.82, 2.24) is 4.90 Å². The third-order valence-corrected chi connectivity index (χ3v) is 4.84. The molecule has 1 heterocycles. The van der Waals surface area contributed by atoms with Crippen molar-refractivity contribution in [3.8, 4) is 0 Å². The Morgan fingerprint density at radius 1 is 1.24 bits per heavy atom. The van der Waals surface area contributed by atoms with Crippen LogP contribution in [0.3, 0.4) is 0 Å². The van der Waals surface area contributed by atoms with E-state index in [1.54, 1.807) is 0 Å². The van der Waals surface area contributed by atoms with Crippen LogP contribution in [0, 0.1) is 17.8 Å². The van der Waals surface area contributed by atoms with Crippen LogP contribution in [0.4, 0.5) is 13.2 Å². The predicted octanol–water partition coefficient (Wildman–Crippen LogP) is 4.17. The van der Waals surface area contributed by atoms with Gasteiger partial charge >= 0.3 is 6.18 Å². The molecular weight excluding hydrogens is 279 g/mol. The summed E-state index contributed by atoms with van der Waals surface area (Å²) < 4.78 is 37.9. The Bertz CT molecular complexity index is 406. The number of alkyl halides is 3. The predicted molar refractivity (Wildman–Crippen MR) is 75.6 cm³/mol. The van der Waals surface area contributed by atoms with Crippen LogP contribution in [0.5, 0.6) is 0 Å². The summed E-state index contributed by atoms with van der Waals surface area (Å²) in [5, 5.41) is 0. The van der Waals surface area contributed by atoms with Crippen molar-refractivity contribution in [3.63, 3.8) is 0 Å². The monoisotopic (exact) mass is 303 g/mol. The van der Waals surface area contributed by atoms with Gasteiger partial charge in [0.1, 0.15) is 0 Å². The van der Waals surface area contributed by atoms with Crippen LogP contribution in [-0.2, 0) is 4.79 Å². The molecule has 0 atom stereocenters. The zero-order valence-electron chi connectivity index (χ0n) is 12.7. The van der Waals surface area contributed by atoms with E-state index in [1.165, 1.54) is 5.57 Å². The standard InChI is InChI=1S/C16H24F3NO/c1-11(2)12-7-9-20(10-8-12)15(21)13-3-5-14(6-4-13)16(17,18)19/h7,11,13-14H,3-6,8-10H2,1-2H3. The van der Waals surface area contributed by atoms with Gasteiger partial charge in [-0.15, -0.1) is 0 Å². The van der Waals surface area contributed by atoms with Crippen LogP contribution in [0.1, 0.15) is 46.0 Å². The van der Waals surface area contributed by atoms with Gasteiger partial charge in [-0.25, -0.2) is 0 Å². The van der Waals surface area contributed by atoms with Crippen LogP contribution in [0.15, 0.2) is 11.6 Å². The maximum absolute atomic E-state index is 12.6. The molecule has 0 bridgehead atoms. The summed E-state index contributed by atoms with van der Waals surface area (Å²) in [4.78, 5) is 14.2. The molecule has 0 radical (unpaired) electrons. The van der Waals surface area contributed by atoms with Gasteiger partial charge < -0.3 is 4.90 Å². The second-order valence-electron chi connectivity index (χ2n) is 6.56. The number of amides is 1. The van der Waals surface area contributed by atoms with Crippen LogP contribution in [0.2, 0.25) is 0 Å². The average molecular weight is 303 g/mol. The molecule has 1 saturated carbocycles. The van der Waals surface area contributed by atoms with E-state index in [0.29, 0.717) is 31.8 Å². The maximum atomic E-state index is 12.6.